The predicted molar refractivity (Wildman–Crippen MR) is 136 cm³/mol. The second-order valence-corrected chi connectivity index (χ2v) is 12.3. The van der Waals surface area contributed by atoms with Gasteiger partial charge in [-0.15, -0.1) is 11.3 Å². The molecule has 0 spiro atoms. The summed E-state index contributed by atoms with van der Waals surface area (Å²) in [5.74, 6) is -1.55. The monoisotopic (exact) mass is 507 g/mol. The average molecular weight is 508 g/mol. The number of cyclic esters (lactones) is 1. The van der Waals surface area contributed by atoms with Crippen LogP contribution >= 0.6 is 11.3 Å². The zero-order valence-corrected chi connectivity index (χ0v) is 22.9. The van der Waals surface area contributed by atoms with Gasteiger partial charge in [-0.3, -0.25) is 9.59 Å². The lowest BCUT2D eigenvalue weighted by Crippen LogP contribution is -2.45. The Bertz CT molecular complexity index is 955. The van der Waals surface area contributed by atoms with Crippen molar-refractivity contribution in [3.8, 4) is 0 Å². The van der Waals surface area contributed by atoms with Crippen LogP contribution in [0.2, 0.25) is 0 Å². The van der Waals surface area contributed by atoms with Crippen LogP contribution in [0.3, 0.4) is 0 Å². The minimum atomic E-state index is -1.23. The minimum Gasteiger partial charge on any atom is -0.458 e. The number of hydrogen-bond acceptors (Lipinski definition) is 8. The van der Waals surface area contributed by atoms with Gasteiger partial charge in [0.15, 0.2) is 0 Å². The smallest absolute Gasteiger partial charge is 0.309 e. The summed E-state index contributed by atoms with van der Waals surface area (Å²) in [7, 11) is 0. The number of ether oxygens (including phenoxy) is 2. The van der Waals surface area contributed by atoms with Crippen molar-refractivity contribution in [2.24, 2.45) is 17.3 Å². The molecule has 0 aliphatic carbocycles. The lowest BCUT2D eigenvalue weighted by atomic mass is 9.73. The summed E-state index contributed by atoms with van der Waals surface area (Å²) < 4.78 is 11.9. The van der Waals surface area contributed by atoms with E-state index in [2.05, 4.69) is 11.9 Å². The van der Waals surface area contributed by atoms with Crippen molar-refractivity contribution >= 4 is 29.2 Å². The van der Waals surface area contributed by atoms with Gasteiger partial charge in [0, 0.05) is 17.7 Å². The number of rotatable bonds is 2. The number of carbonyl (C=O) groups excluding carboxylic acids is 2. The second kappa shape index (κ2) is 10.8. The van der Waals surface area contributed by atoms with Crippen LogP contribution < -0.4 is 0 Å². The third-order valence-corrected chi connectivity index (χ3v) is 8.72. The fraction of sp³-hybridized carbons (Fsp3) is 0.741. The fourth-order valence-corrected chi connectivity index (χ4v) is 5.64. The van der Waals surface area contributed by atoms with Crippen molar-refractivity contribution < 1.29 is 29.3 Å². The Hall–Kier alpha value is -1.61. The van der Waals surface area contributed by atoms with E-state index < -0.39 is 35.6 Å². The molecule has 2 N–H and O–H groups in total. The highest BCUT2D eigenvalue weighted by molar-refractivity contribution is 7.09. The summed E-state index contributed by atoms with van der Waals surface area (Å²) in [5, 5.41) is 24.6. The number of hydrogen-bond donors (Lipinski definition) is 2. The summed E-state index contributed by atoms with van der Waals surface area (Å²) in [6, 6.07) is 0. The van der Waals surface area contributed by atoms with Gasteiger partial charge in [0.1, 0.15) is 11.9 Å². The molecule has 2 aliphatic heterocycles. The molecule has 3 unspecified atom stereocenters. The number of aliphatic hydroxyl groups excluding tert-OH is 2. The van der Waals surface area contributed by atoms with Crippen LogP contribution in [0, 0.1) is 24.2 Å². The molecule has 2 aliphatic rings. The van der Waals surface area contributed by atoms with Gasteiger partial charge in [0.25, 0.3) is 0 Å². The van der Waals surface area contributed by atoms with E-state index >= 15 is 0 Å². The summed E-state index contributed by atoms with van der Waals surface area (Å²) in [6.07, 6.45) is 1.98. The first-order valence-corrected chi connectivity index (χ1v) is 13.5. The molecule has 35 heavy (non-hydrogen) atoms. The molecule has 0 saturated carbocycles. The average Bonchev–Trinajstić information content (AvgIpc) is 3.22. The molecule has 0 amide bonds. The minimum absolute atomic E-state index is 0.0455. The number of nitrogens with zero attached hydrogens (tertiary/aromatic N) is 1. The Kier molecular flexibility index (Phi) is 8.62. The maximum Gasteiger partial charge on any atom is 0.309 e. The van der Waals surface area contributed by atoms with Gasteiger partial charge in [0.05, 0.1) is 46.5 Å². The number of epoxide rings is 1. The van der Waals surface area contributed by atoms with Crippen LogP contribution in [0.1, 0.15) is 84.3 Å². The summed E-state index contributed by atoms with van der Waals surface area (Å²) in [5.41, 5.74) is 0.179. The second-order valence-electron chi connectivity index (χ2n) is 11.3. The van der Waals surface area contributed by atoms with E-state index in [0.717, 1.165) is 35.5 Å². The molecular weight excluding hydrogens is 466 g/mol. The largest absolute Gasteiger partial charge is 0.458 e. The molecule has 2 fully saturated rings. The third-order valence-electron chi connectivity index (χ3n) is 7.93. The molecule has 7 nitrogen and oxygen atoms in total. The third kappa shape index (κ3) is 6.59. The highest BCUT2D eigenvalue weighted by Gasteiger charge is 2.53. The van der Waals surface area contributed by atoms with Gasteiger partial charge in [-0.1, -0.05) is 34.1 Å². The molecule has 7 atom stereocenters. The molecule has 2 saturated heterocycles. The molecule has 8 heteroatoms. The van der Waals surface area contributed by atoms with E-state index in [1.165, 1.54) is 0 Å². The number of ketones is 1. The van der Waals surface area contributed by atoms with Crippen molar-refractivity contribution in [3.05, 3.63) is 21.7 Å². The van der Waals surface area contributed by atoms with Gasteiger partial charge < -0.3 is 19.7 Å². The van der Waals surface area contributed by atoms with Crippen molar-refractivity contribution in [2.75, 3.05) is 0 Å². The standard InChI is InChI=1S/C27H41NO6S/c1-15-9-8-10-27(7)22(34-27)12-20(16(2)11-19-14-35-18(4)28-19)33-23(30)13-21(29)26(5,6)25(32)17(3)24(15)31/h11,14-15,17,20-22,24,29,31H,8-10,12-13H2,1-7H3/b16-11+/t15?,17?,20-,21?,22-,24-,27+/m0/s1. The lowest BCUT2D eigenvalue weighted by molar-refractivity contribution is -0.154. The first kappa shape index (κ1) is 28.0. The highest BCUT2D eigenvalue weighted by atomic mass is 32.1. The number of thiazole rings is 1. The highest BCUT2D eigenvalue weighted by Crippen LogP contribution is 2.45. The first-order chi connectivity index (χ1) is 16.2. The zero-order chi connectivity index (χ0) is 26.1. The van der Waals surface area contributed by atoms with Crippen molar-refractivity contribution in [2.45, 2.75) is 111 Å². The van der Waals surface area contributed by atoms with Crippen LogP contribution in [0.5, 0.6) is 0 Å². The van der Waals surface area contributed by atoms with E-state index in [-0.39, 0.29) is 29.8 Å². The Morgan fingerprint density at radius 1 is 1.23 bits per heavy atom. The zero-order valence-electron chi connectivity index (χ0n) is 22.0. The maximum absolute atomic E-state index is 13.2. The molecule has 1 aromatic rings. The van der Waals surface area contributed by atoms with Crippen molar-refractivity contribution in [1.82, 2.24) is 4.98 Å². The van der Waals surface area contributed by atoms with E-state index in [1.54, 1.807) is 32.1 Å². The van der Waals surface area contributed by atoms with Crippen LogP contribution in [-0.2, 0) is 19.1 Å². The van der Waals surface area contributed by atoms with Crippen molar-refractivity contribution in [1.29, 1.82) is 0 Å². The SMILES string of the molecule is C/C(=C\c1csc(C)n1)[C@@H]1C[C@@H]2O[C@]2(C)CCCC(C)[C@H](O)C(C)C(=O)C(C)(C)C(O)CC(=O)O1. The van der Waals surface area contributed by atoms with E-state index in [1.807, 2.05) is 32.2 Å². The van der Waals surface area contributed by atoms with E-state index in [4.69, 9.17) is 9.47 Å². The molecule has 1 aromatic heterocycles. The molecule has 0 aromatic carbocycles. The summed E-state index contributed by atoms with van der Waals surface area (Å²) >= 11 is 1.56. The number of Topliss-reactive ketones (excluding diaryl/α,β-unsaturated/α-hetero) is 1. The van der Waals surface area contributed by atoms with Gasteiger partial charge in [-0.05, 0) is 51.2 Å². The Morgan fingerprint density at radius 3 is 2.54 bits per heavy atom. The quantitative estimate of drug-likeness (QED) is 0.449. The number of carbonyl (C=O) groups is 2. The fourth-order valence-electron chi connectivity index (χ4n) is 5.07. The van der Waals surface area contributed by atoms with Gasteiger partial charge in [-0.25, -0.2) is 4.98 Å². The van der Waals surface area contributed by atoms with E-state index in [9.17, 15) is 19.8 Å². The lowest BCUT2D eigenvalue weighted by Gasteiger charge is -2.34. The Balaban J connectivity index is 1.85. The van der Waals surface area contributed by atoms with Crippen LogP contribution in [-0.4, -0.2) is 57.0 Å². The maximum atomic E-state index is 13.2. The Morgan fingerprint density at radius 2 is 1.91 bits per heavy atom. The van der Waals surface area contributed by atoms with Crippen LogP contribution in [0.15, 0.2) is 11.0 Å². The number of fused-ring (bicyclic) bond motifs is 1. The topological polar surface area (TPSA) is 109 Å². The summed E-state index contributed by atoms with van der Waals surface area (Å²) in [6.45, 7) is 12.8. The molecule has 3 heterocycles. The normalized spacial score (nSPS) is 37.5. The Labute approximate surface area is 212 Å². The van der Waals surface area contributed by atoms with Gasteiger partial charge in [0.2, 0.25) is 0 Å². The summed E-state index contributed by atoms with van der Waals surface area (Å²) in [4.78, 5) is 30.6. The van der Waals surface area contributed by atoms with Gasteiger partial charge in [-0.2, -0.15) is 0 Å². The molecule has 0 radical (unpaired) electrons. The molecule has 196 valence electrons. The molecule has 0 bridgehead atoms. The van der Waals surface area contributed by atoms with Crippen LogP contribution in [0.4, 0.5) is 0 Å². The number of esters is 1. The first-order valence-electron chi connectivity index (χ1n) is 12.6. The van der Waals surface area contributed by atoms with Crippen LogP contribution in [0.25, 0.3) is 6.08 Å². The number of aryl methyl sites for hydroxylation is 1. The predicted octanol–water partition coefficient (Wildman–Crippen LogP) is 4.48. The molecule has 3 rings (SSSR count). The number of aromatic nitrogens is 1. The number of aliphatic hydroxyl groups is 2. The van der Waals surface area contributed by atoms with E-state index in [0.29, 0.717) is 6.42 Å². The van der Waals surface area contributed by atoms with Gasteiger partial charge >= 0.3 is 5.97 Å². The molecular formula is C27H41NO6S. The van der Waals surface area contributed by atoms with Crippen molar-refractivity contribution in [3.63, 3.8) is 0 Å².